The maximum atomic E-state index is 5.93. The van der Waals surface area contributed by atoms with Gasteiger partial charge in [0.15, 0.2) is 5.96 Å². The Kier molecular flexibility index (Phi) is 7.81. The molecular weight excluding hydrogens is 429 g/mol. The SMILES string of the molecule is CCNC(=NCC(C)Oc1ccccc1)N1CCC2(CCOC2)C1.I. The van der Waals surface area contributed by atoms with Crippen LogP contribution >= 0.6 is 24.0 Å². The molecule has 0 aromatic heterocycles. The van der Waals surface area contributed by atoms with E-state index in [4.69, 9.17) is 14.5 Å². The maximum Gasteiger partial charge on any atom is 0.194 e. The van der Waals surface area contributed by atoms with Crippen LogP contribution < -0.4 is 10.1 Å². The number of ether oxygens (including phenoxy) is 2. The summed E-state index contributed by atoms with van der Waals surface area (Å²) in [6.45, 7) is 9.63. The van der Waals surface area contributed by atoms with Gasteiger partial charge in [-0.15, -0.1) is 24.0 Å². The van der Waals surface area contributed by atoms with Crippen molar-refractivity contribution in [1.29, 1.82) is 0 Å². The molecular formula is C19H30IN3O2. The van der Waals surface area contributed by atoms with Gasteiger partial charge in [-0.2, -0.15) is 0 Å². The van der Waals surface area contributed by atoms with Crippen molar-refractivity contribution in [1.82, 2.24) is 10.2 Å². The van der Waals surface area contributed by atoms with E-state index >= 15 is 0 Å². The van der Waals surface area contributed by atoms with Crippen LogP contribution in [0.4, 0.5) is 0 Å². The van der Waals surface area contributed by atoms with E-state index in [1.54, 1.807) is 0 Å². The molecule has 2 atom stereocenters. The largest absolute Gasteiger partial charge is 0.489 e. The van der Waals surface area contributed by atoms with E-state index in [1.165, 1.54) is 12.8 Å². The smallest absolute Gasteiger partial charge is 0.194 e. The molecule has 2 aliphatic rings. The van der Waals surface area contributed by atoms with Crippen LogP contribution in [0.25, 0.3) is 0 Å². The van der Waals surface area contributed by atoms with E-state index in [0.717, 1.165) is 44.6 Å². The lowest BCUT2D eigenvalue weighted by Crippen LogP contribution is -2.42. The standard InChI is InChI=1S/C19H29N3O2.HI/c1-3-20-18(22-11-9-19(14-22)10-12-23-15-19)21-13-16(2)24-17-7-5-4-6-8-17;/h4-8,16H,3,9-15H2,1-2H3,(H,20,21);1H. The van der Waals surface area contributed by atoms with E-state index in [2.05, 4.69) is 24.1 Å². The fourth-order valence-electron chi connectivity index (χ4n) is 3.50. The van der Waals surface area contributed by atoms with Crippen LogP contribution in [0.1, 0.15) is 26.7 Å². The van der Waals surface area contributed by atoms with Gasteiger partial charge < -0.3 is 19.7 Å². The average Bonchev–Trinajstić information content (AvgIpc) is 3.23. The van der Waals surface area contributed by atoms with Crippen LogP contribution in [0.3, 0.4) is 0 Å². The van der Waals surface area contributed by atoms with Gasteiger partial charge in [0.2, 0.25) is 0 Å². The van der Waals surface area contributed by atoms with Gasteiger partial charge >= 0.3 is 0 Å². The van der Waals surface area contributed by atoms with Gasteiger partial charge in [-0.25, -0.2) is 4.99 Å². The summed E-state index contributed by atoms with van der Waals surface area (Å²) in [4.78, 5) is 7.19. The molecule has 3 rings (SSSR count). The Morgan fingerprint density at radius 3 is 2.84 bits per heavy atom. The second-order valence-electron chi connectivity index (χ2n) is 6.91. The highest BCUT2D eigenvalue weighted by Crippen LogP contribution is 2.38. The van der Waals surface area contributed by atoms with Gasteiger partial charge in [0, 0.05) is 31.7 Å². The number of halogens is 1. The molecule has 5 nitrogen and oxygen atoms in total. The highest BCUT2D eigenvalue weighted by molar-refractivity contribution is 14.0. The molecule has 2 fully saturated rings. The molecule has 2 heterocycles. The van der Waals surface area contributed by atoms with Crippen LogP contribution in [0.15, 0.2) is 35.3 Å². The number of nitrogens with one attached hydrogen (secondary N) is 1. The Hall–Kier alpha value is -1.02. The number of nitrogens with zero attached hydrogens (tertiary/aromatic N) is 2. The molecule has 1 aromatic rings. The minimum atomic E-state index is 0. The van der Waals surface area contributed by atoms with Gasteiger partial charge in [0.1, 0.15) is 11.9 Å². The summed E-state index contributed by atoms with van der Waals surface area (Å²) in [6, 6.07) is 9.94. The van der Waals surface area contributed by atoms with Crippen LogP contribution in [0, 0.1) is 5.41 Å². The second kappa shape index (κ2) is 9.62. The first-order valence-electron chi connectivity index (χ1n) is 9.03. The Morgan fingerprint density at radius 1 is 1.36 bits per heavy atom. The minimum absolute atomic E-state index is 0. The third-order valence-electron chi connectivity index (χ3n) is 4.84. The Bertz CT molecular complexity index is 547. The Labute approximate surface area is 168 Å². The molecule has 140 valence electrons. The molecule has 0 aliphatic carbocycles. The summed E-state index contributed by atoms with van der Waals surface area (Å²) in [5.41, 5.74) is 0.350. The third kappa shape index (κ3) is 5.48. The van der Waals surface area contributed by atoms with Crippen LogP contribution in [-0.4, -0.2) is 56.4 Å². The predicted molar refractivity (Wildman–Crippen MR) is 112 cm³/mol. The molecule has 1 N–H and O–H groups in total. The summed E-state index contributed by atoms with van der Waals surface area (Å²) in [7, 11) is 0. The molecule has 2 saturated heterocycles. The number of hydrogen-bond acceptors (Lipinski definition) is 3. The quantitative estimate of drug-likeness (QED) is 0.418. The van der Waals surface area contributed by atoms with Crippen molar-refractivity contribution in [2.75, 3.05) is 39.4 Å². The highest BCUT2D eigenvalue weighted by atomic mass is 127. The van der Waals surface area contributed by atoms with Crippen molar-refractivity contribution in [3.8, 4) is 5.75 Å². The highest BCUT2D eigenvalue weighted by Gasteiger charge is 2.42. The Balaban J connectivity index is 0.00000225. The van der Waals surface area contributed by atoms with Gasteiger partial charge in [0.05, 0.1) is 13.2 Å². The summed E-state index contributed by atoms with van der Waals surface area (Å²) < 4.78 is 11.6. The number of hydrogen-bond donors (Lipinski definition) is 1. The molecule has 2 aliphatic heterocycles. The lowest BCUT2D eigenvalue weighted by molar-refractivity contribution is 0.156. The number of rotatable bonds is 5. The molecule has 6 heteroatoms. The van der Waals surface area contributed by atoms with E-state index in [0.29, 0.717) is 12.0 Å². The second-order valence-corrected chi connectivity index (χ2v) is 6.91. The van der Waals surface area contributed by atoms with Gasteiger partial charge in [-0.3, -0.25) is 0 Å². The minimum Gasteiger partial charge on any atom is -0.489 e. The summed E-state index contributed by atoms with van der Waals surface area (Å²) in [5, 5.41) is 3.43. The normalized spacial score (nSPS) is 24.2. The molecule has 0 saturated carbocycles. The van der Waals surface area contributed by atoms with Gasteiger partial charge in [-0.05, 0) is 38.8 Å². The van der Waals surface area contributed by atoms with Crippen molar-refractivity contribution >= 4 is 29.9 Å². The van der Waals surface area contributed by atoms with Crippen LogP contribution in [0.2, 0.25) is 0 Å². The maximum absolute atomic E-state index is 5.93. The summed E-state index contributed by atoms with van der Waals surface area (Å²) in [5.74, 6) is 1.90. The van der Waals surface area contributed by atoms with Gasteiger partial charge in [-0.1, -0.05) is 18.2 Å². The molecule has 0 radical (unpaired) electrons. The third-order valence-corrected chi connectivity index (χ3v) is 4.84. The van der Waals surface area contributed by atoms with Crippen LogP contribution in [-0.2, 0) is 4.74 Å². The summed E-state index contributed by atoms with van der Waals surface area (Å²) >= 11 is 0. The Morgan fingerprint density at radius 2 is 2.16 bits per heavy atom. The van der Waals surface area contributed by atoms with Crippen molar-refractivity contribution in [2.24, 2.45) is 10.4 Å². The molecule has 1 aromatic carbocycles. The topological polar surface area (TPSA) is 46.1 Å². The van der Waals surface area contributed by atoms with E-state index in [1.807, 2.05) is 30.3 Å². The fraction of sp³-hybridized carbons (Fsp3) is 0.632. The molecule has 1 spiro atoms. The zero-order valence-electron chi connectivity index (χ0n) is 15.2. The zero-order chi connectivity index (χ0) is 16.8. The average molecular weight is 459 g/mol. The van der Waals surface area contributed by atoms with Crippen molar-refractivity contribution in [2.45, 2.75) is 32.8 Å². The molecule has 25 heavy (non-hydrogen) atoms. The number of para-hydroxylation sites is 1. The monoisotopic (exact) mass is 459 g/mol. The first kappa shape index (κ1) is 20.3. The first-order chi connectivity index (χ1) is 11.7. The lowest BCUT2D eigenvalue weighted by Gasteiger charge is -2.25. The van der Waals surface area contributed by atoms with E-state index in [-0.39, 0.29) is 30.1 Å². The molecule has 0 bridgehead atoms. The molecule has 2 unspecified atom stereocenters. The van der Waals surface area contributed by atoms with Crippen LogP contribution in [0.5, 0.6) is 5.75 Å². The van der Waals surface area contributed by atoms with Gasteiger partial charge in [0.25, 0.3) is 0 Å². The van der Waals surface area contributed by atoms with Crippen molar-refractivity contribution < 1.29 is 9.47 Å². The first-order valence-corrected chi connectivity index (χ1v) is 9.03. The number of benzene rings is 1. The number of likely N-dealkylation sites (tertiary alicyclic amines) is 1. The number of guanidine groups is 1. The van der Waals surface area contributed by atoms with E-state index in [9.17, 15) is 0 Å². The molecule has 0 amide bonds. The lowest BCUT2D eigenvalue weighted by atomic mass is 9.87. The van der Waals surface area contributed by atoms with Crippen molar-refractivity contribution in [3.05, 3.63) is 30.3 Å². The number of aliphatic imine (C=N–C) groups is 1. The predicted octanol–water partition coefficient (Wildman–Crippen LogP) is 3.15. The van der Waals surface area contributed by atoms with E-state index < -0.39 is 0 Å². The van der Waals surface area contributed by atoms with Crippen molar-refractivity contribution in [3.63, 3.8) is 0 Å². The summed E-state index contributed by atoms with van der Waals surface area (Å²) in [6.07, 6.45) is 2.43. The zero-order valence-corrected chi connectivity index (χ0v) is 17.6. The fourth-order valence-corrected chi connectivity index (χ4v) is 3.50.